The number of hydrogen-bond donors (Lipinski definition) is 1. The molecular formula is C17H26N4OS. The SMILES string of the molecule is COCCSCC1CCC(N(C)c2ncnc3[nH]ccc23)CC1. The predicted molar refractivity (Wildman–Crippen MR) is 97.2 cm³/mol. The molecule has 0 aromatic carbocycles. The Morgan fingerprint density at radius 1 is 1.30 bits per heavy atom. The molecule has 1 fully saturated rings. The normalized spacial score (nSPS) is 21.7. The van der Waals surface area contributed by atoms with Gasteiger partial charge in [-0.25, -0.2) is 9.97 Å². The number of thioether (sulfide) groups is 1. The van der Waals surface area contributed by atoms with Crippen molar-refractivity contribution in [2.24, 2.45) is 5.92 Å². The fourth-order valence-corrected chi connectivity index (χ4v) is 4.52. The molecule has 0 amide bonds. The summed E-state index contributed by atoms with van der Waals surface area (Å²) < 4.78 is 5.12. The highest BCUT2D eigenvalue weighted by Gasteiger charge is 2.25. The molecule has 5 nitrogen and oxygen atoms in total. The molecule has 0 atom stereocenters. The number of aromatic nitrogens is 3. The maximum absolute atomic E-state index is 5.12. The molecule has 0 aliphatic heterocycles. The first kappa shape index (κ1) is 16.6. The maximum Gasteiger partial charge on any atom is 0.142 e. The molecule has 0 spiro atoms. The number of H-pyrrole nitrogens is 1. The van der Waals surface area contributed by atoms with E-state index in [9.17, 15) is 0 Å². The number of rotatable bonds is 7. The lowest BCUT2D eigenvalue weighted by atomic mass is 9.86. The van der Waals surface area contributed by atoms with Crippen LogP contribution in [0.2, 0.25) is 0 Å². The molecule has 23 heavy (non-hydrogen) atoms. The van der Waals surface area contributed by atoms with Gasteiger partial charge in [-0.1, -0.05) is 0 Å². The van der Waals surface area contributed by atoms with Crippen molar-refractivity contribution in [2.45, 2.75) is 31.7 Å². The number of anilines is 1. The van der Waals surface area contributed by atoms with Crippen LogP contribution in [0.5, 0.6) is 0 Å². The van der Waals surface area contributed by atoms with Gasteiger partial charge < -0.3 is 14.6 Å². The van der Waals surface area contributed by atoms with Crippen LogP contribution in [-0.4, -0.2) is 53.3 Å². The van der Waals surface area contributed by atoms with Crippen molar-refractivity contribution in [3.05, 3.63) is 18.6 Å². The molecule has 0 bridgehead atoms. The molecule has 0 radical (unpaired) electrons. The maximum atomic E-state index is 5.12. The molecule has 6 heteroatoms. The van der Waals surface area contributed by atoms with Gasteiger partial charge in [0.15, 0.2) is 0 Å². The van der Waals surface area contributed by atoms with E-state index in [0.717, 1.165) is 35.1 Å². The van der Waals surface area contributed by atoms with Gasteiger partial charge in [-0.15, -0.1) is 0 Å². The zero-order chi connectivity index (χ0) is 16.1. The summed E-state index contributed by atoms with van der Waals surface area (Å²) in [6.45, 7) is 0.864. The molecule has 2 heterocycles. The van der Waals surface area contributed by atoms with Crippen LogP contribution < -0.4 is 4.90 Å². The molecule has 1 saturated carbocycles. The van der Waals surface area contributed by atoms with Crippen LogP contribution in [0.15, 0.2) is 18.6 Å². The Morgan fingerprint density at radius 3 is 2.91 bits per heavy atom. The van der Waals surface area contributed by atoms with Crippen LogP contribution >= 0.6 is 11.8 Å². The first-order chi connectivity index (χ1) is 11.3. The van der Waals surface area contributed by atoms with E-state index in [1.54, 1.807) is 13.4 Å². The zero-order valence-electron chi connectivity index (χ0n) is 14.0. The highest BCUT2D eigenvalue weighted by atomic mass is 32.2. The van der Waals surface area contributed by atoms with E-state index < -0.39 is 0 Å². The van der Waals surface area contributed by atoms with E-state index in [2.05, 4.69) is 33.0 Å². The van der Waals surface area contributed by atoms with Crippen molar-refractivity contribution in [1.82, 2.24) is 15.0 Å². The summed E-state index contributed by atoms with van der Waals surface area (Å²) in [6.07, 6.45) is 8.73. The number of nitrogens with zero attached hydrogens (tertiary/aromatic N) is 3. The third-order valence-electron chi connectivity index (χ3n) is 4.82. The number of fused-ring (bicyclic) bond motifs is 1. The van der Waals surface area contributed by atoms with E-state index in [1.165, 1.54) is 31.4 Å². The van der Waals surface area contributed by atoms with Crippen LogP contribution in [0.3, 0.4) is 0 Å². The highest BCUT2D eigenvalue weighted by Crippen LogP contribution is 2.32. The zero-order valence-corrected chi connectivity index (χ0v) is 14.8. The third kappa shape index (κ3) is 3.98. The average Bonchev–Trinajstić information content (AvgIpc) is 3.07. The summed E-state index contributed by atoms with van der Waals surface area (Å²) in [6, 6.07) is 2.66. The van der Waals surface area contributed by atoms with E-state index in [4.69, 9.17) is 4.74 Å². The Kier molecular flexibility index (Phi) is 5.78. The predicted octanol–water partition coefficient (Wildman–Crippen LogP) is 3.33. The molecule has 0 saturated heterocycles. The van der Waals surface area contributed by atoms with Gasteiger partial charge in [0.1, 0.15) is 17.8 Å². The number of hydrogen-bond acceptors (Lipinski definition) is 5. The smallest absolute Gasteiger partial charge is 0.142 e. The van der Waals surface area contributed by atoms with E-state index in [1.807, 2.05) is 18.0 Å². The van der Waals surface area contributed by atoms with Gasteiger partial charge in [-0.3, -0.25) is 0 Å². The molecule has 1 aliphatic carbocycles. The van der Waals surface area contributed by atoms with Gasteiger partial charge in [-0.2, -0.15) is 11.8 Å². The quantitative estimate of drug-likeness (QED) is 0.787. The Morgan fingerprint density at radius 2 is 2.13 bits per heavy atom. The van der Waals surface area contributed by atoms with Gasteiger partial charge in [0.2, 0.25) is 0 Å². The summed E-state index contributed by atoms with van der Waals surface area (Å²) in [7, 11) is 3.95. The van der Waals surface area contributed by atoms with E-state index >= 15 is 0 Å². The Balaban J connectivity index is 1.54. The first-order valence-electron chi connectivity index (χ1n) is 8.37. The standard InChI is InChI=1S/C17H26N4OS/c1-21(17-15-7-8-18-16(15)19-12-20-17)14-5-3-13(4-6-14)11-23-10-9-22-2/h7-8,12-14H,3-6,9-11H2,1-2H3,(H,18,19,20). The minimum Gasteiger partial charge on any atom is -0.384 e. The van der Waals surface area contributed by atoms with E-state index in [0.29, 0.717) is 6.04 Å². The van der Waals surface area contributed by atoms with Crippen molar-refractivity contribution < 1.29 is 4.74 Å². The van der Waals surface area contributed by atoms with Gasteiger partial charge in [0.05, 0.1) is 12.0 Å². The Bertz CT molecular complexity index is 609. The fourth-order valence-electron chi connectivity index (χ4n) is 3.40. The molecule has 2 aromatic rings. The lowest BCUT2D eigenvalue weighted by Gasteiger charge is -2.35. The second-order valence-corrected chi connectivity index (χ2v) is 7.44. The lowest BCUT2D eigenvalue weighted by Crippen LogP contribution is -2.36. The van der Waals surface area contributed by atoms with Crippen LogP contribution in [-0.2, 0) is 4.74 Å². The van der Waals surface area contributed by atoms with Crippen molar-refractivity contribution in [2.75, 3.05) is 37.2 Å². The van der Waals surface area contributed by atoms with Crippen LogP contribution in [0.1, 0.15) is 25.7 Å². The fraction of sp³-hybridized carbons (Fsp3) is 0.647. The highest BCUT2D eigenvalue weighted by molar-refractivity contribution is 7.99. The monoisotopic (exact) mass is 334 g/mol. The Hall–Kier alpha value is -1.27. The van der Waals surface area contributed by atoms with E-state index in [-0.39, 0.29) is 0 Å². The second-order valence-electron chi connectivity index (χ2n) is 6.29. The Labute approximate surface area is 142 Å². The average molecular weight is 334 g/mol. The largest absolute Gasteiger partial charge is 0.384 e. The minimum atomic E-state index is 0.586. The van der Waals surface area contributed by atoms with Crippen LogP contribution in [0, 0.1) is 5.92 Å². The first-order valence-corrected chi connectivity index (χ1v) is 9.52. The molecule has 126 valence electrons. The summed E-state index contributed by atoms with van der Waals surface area (Å²) >= 11 is 2.03. The third-order valence-corrected chi connectivity index (χ3v) is 5.98. The van der Waals surface area contributed by atoms with Crippen molar-refractivity contribution >= 4 is 28.6 Å². The lowest BCUT2D eigenvalue weighted by molar-refractivity contribution is 0.218. The molecule has 1 aliphatic rings. The van der Waals surface area contributed by atoms with Crippen LogP contribution in [0.25, 0.3) is 11.0 Å². The topological polar surface area (TPSA) is 54.0 Å². The number of methoxy groups -OCH3 is 1. The van der Waals surface area contributed by atoms with Crippen LogP contribution in [0.4, 0.5) is 5.82 Å². The second kappa shape index (κ2) is 8.02. The number of nitrogens with one attached hydrogen (secondary N) is 1. The summed E-state index contributed by atoms with van der Waals surface area (Å²) in [5, 5.41) is 1.12. The summed E-state index contributed by atoms with van der Waals surface area (Å²) in [5.74, 6) is 4.30. The van der Waals surface area contributed by atoms with Gasteiger partial charge in [-0.05, 0) is 43.4 Å². The van der Waals surface area contributed by atoms with Crippen molar-refractivity contribution in [3.63, 3.8) is 0 Å². The van der Waals surface area contributed by atoms with Gasteiger partial charge in [0, 0.05) is 32.1 Å². The van der Waals surface area contributed by atoms with Crippen molar-refractivity contribution in [1.29, 1.82) is 0 Å². The minimum absolute atomic E-state index is 0.586. The number of ether oxygens (including phenoxy) is 1. The molecule has 1 N–H and O–H groups in total. The molecule has 0 unspecified atom stereocenters. The molecule has 3 rings (SSSR count). The van der Waals surface area contributed by atoms with Gasteiger partial charge >= 0.3 is 0 Å². The number of aromatic amines is 1. The molecule has 2 aromatic heterocycles. The summed E-state index contributed by atoms with van der Waals surface area (Å²) in [4.78, 5) is 14.3. The summed E-state index contributed by atoms with van der Waals surface area (Å²) in [5.41, 5.74) is 0.921. The van der Waals surface area contributed by atoms with Crippen molar-refractivity contribution in [3.8, 4) is 0 Å². The molecular weight excluding hydrogens is 308 g/mol. The van der Waals surface area contributed by atoms with Gasteiger partial charge in [0.25, 0.3) is 0 Å².